The smallest absolute Gasteiger partial charge is 0.253 e. The zero-order valence-corrected chi connectivity index (χ0v) is 20.8. The Bertz CT molecular complexity index is 1150. The van der Waals surface area contributed by atoms with E-state index in [0.29, 0.717) is 37.5 Å². The van der Waals surface area contributed by atoms with Crippen LogP contribution in [-0.2, 0) is 17.8 Å². The maximum atomic E-state index is 12.9. The van der Waals surface area contributed by atoms with Crippen molar-refractivity contribution in [2.24, 2.45) is 0 Å². The van der Waals surface area contributed by atoms with Gasteiger partial charge in [0, 0.05) is 43.9 Å². The highest BCUT2D eigenvalue weighted by molar-refractivity contribution is 7.99. The monoisotopic (exact) mass is 477 g/mol. The molecular formula is C26H31N5O2S. The van der Waals surface area contributed by atoms with Gasteiger partial charge in [-0.05, 0) is 44.0 Å². The topological polar surface area (TPSA) is 71.3 Å². The van der Waals surface area contributed by atoms with E-state index < -0.39 is 0 Å². The number of benzene rings is 2. The first-order chi connectivity index (χ1) is 16.5. The van der Waals surface area contributed by atoms with E-state index in [1.54, 1.807) is 0 Å². The van der Waals surface area contributed by atoms with Gasteiger partial charge >= 0.3 is 0 Å². The Morgan fingerprint density at radius 3 is 2.29 bits per heavy atom. The third-order valence-corrected chi connectivity index (χ3v) is 7.11. The number of carbonyl (C=O) groups is 2. The van der Waals surface area contributed by atoms with Gasteiger partial charge in [0.1, 0.15) is 0 Å². The van der Waals surface area contributed by atoms with Gasteiger partial charge < -0.3 is 14.4 Å². The maximum Gasteiger partial charge on any atom is 0.253 e. The van der Waals surface area contributed by atoms with Crippen molar-refractivity contribution in [1.29, 1.82) is 0 Å². The van der Waals surface area contributed by atoms with Gasteiger partial charge in [-0.25, -0.2) is 0 Å². The third-order valence-electron chi connectivity index (χ3n) is 6.16. The van der Waals surface area contributed by atoms with Crippen LogP contribution in [0.15, 0.2) is 53.7 Å². The van der Waals surface area contributed by atoms with Crippen molar-refractivity contribution in [3.8, 4) is 11.4 Å². The van der Waals surface area contributed by atoms with Crippen molar-refractivity contribution in [2.45, 2.75) is 38.9 Å². The minimum atomic E-state index is 0.0313. The van der Waals surface area contributed by atoms with Crippen molar-refractivity contribution >= 4 is 23.6 Å². The molecule has 0 aliphatic carbocycles. The van der Waals surface area contributed by atoms with Crippen LogP contribution >= 0.6 is 11.8 Å². The first-order valence-electron chi connectivity index (χ1n) is 11.8. The molecule has 0 unspecified atom stereocenters. The zero-order valence-electron chi connectivity index (χ0n) is 20.0. The highest BCUT2D eigenvalue weighted by Crippen LogP contribution is 2.25. The van der Waals surface area contributed by atoms with Crippen molar-refractivity contribution in [3.63, 3.8) is 0 Å². The molecule has 1 aliphatic heterocycles. The number of thioether (sulfide) groups is 1. The fourth-order valence-corrected chi connectivity index (χ4v) is 5.03. The lowest BCUT2D eigenvalue weighted by molar-refractivity contribution is -0.129. The summed E-state index contributed by atoms with van der Waals surface area (Å²) in [6.07, 6.45) is 0.953. The minimum Gasteiger partial charge on any atom is -0.338 e. The highest BCUT2D eigenvalue weighted by Gasteiger charge is 2.25. The second kappa shape index (κ2) is 10.9. The number of hydrogen-bond acceptors (Lipinski definition) is 5. The molecule has 8 heteroatoms. The summed E-state index contributed by atoms with van der Waals surface area (Å²) in [5.74, 6) is 1.22. The van der Waals surface area contributed by atoms with Gasteiger partial charge in [0.25, 0.3) is 5.91 Å². The predicted octanol–water partition coefficient (Wildman–Crippen LogP) is 3.91. The van der Waals surface area contributed by atoms with Gasteiger partial charge in [-0.15, -0.1) is 10.2 Å². The number of hydrogen-bond donors (Lipinski definition) is 0. The van der Waals surface area contributed by atoms with E-state index in [9.17, 15) is 9.59 Å². The van der Waals surface area contributed by atoms with Crippen molar-refractivity contribution in [2.75, 3.05) is 31.9 Å². The summed E-state index contributed by atoms with van der Waals surface area (Å²) < 4.78 is 2.05. The van der Waals surface area contributed by atoms with Gasteiger partial charge in [0.05, 0.1) is 5.75 Å². The molecule has 34 heavy (non-hydrogen) atoms. The van der Waals surface area contributed by atoms with E-state index in [0.717, 1.165) is 29.5 Å². The average molecular weight is 478 g/mol. The molecule has 1 saturated heterocycles. The van der Waals surface area contributed by atoms with E-state index in [-0.39, 0.29) is 11.8 Å². The van der Waals surface area contributed by atoms with Gasteiger partial charge in [0.2, 0.25) is 5.91 Å². The van der Waals surface area contributed by atoms with Crippen LogP contribution in [0.5, 0.6) is 0 Å². The molecule has 0 N–H and O–H groups in total. The number of aryl methyl sites for hydroxylation is 2. The van der Waals surface area contributed by atoms with Gasteiger partial charge in [-0.1, -0.05) is 54.6 Å². The summed E-state index contributed by atoms with van der Waals surface area (Å²) >= 11 is 1.42. The Balaban J connectivity index is 1.32. The van der Waals surface area contributed by atoms with E-state index in [1.807, 2.05) is 50.8 Å². The molecule has 0 bridgehead atoms. The molecule has 2 amide bonds. The molecule has 0 spiro atoms. The summed E-state index contributed by atoms with van der Waals surface area (Å²) in [5, 5.41) is 9.47. The van der Waals surface area contributed by atoms with Gasteiger partial charge in [-0.3, -0.25) is 9.59 Å². The second-order valence-electron chi connectivity index (χ2n) is 8.43. The number of rotatable bonds is 7. The Hall–Kier alpha value is -3.13. The Labute approximate surface area is 205 Å². The molecule has 2 heterocycles. The molecule has 0 saturated carbocycles. The fraction of sp³-hybridized carbons (Fsp3) is 0.385. The first kappa shape index (κ1) is 24.0. The normalized spacial score (nSPS) is 13.9. The Kier molecular flexibility index (Phi) is 7.67. The maximum absolute atomic E-state index is 12.9. The van der Waals surface area contributed by atoms with Crippen LogP contribution in [0.4, 0.5) is 0 Å². The Morgan fingerprint density at radius 1 is 0.941 bits per heavy atom. The van der Waals surface area contributed by atoms with Crippen LogP contribution in [0.3, 0.4) is 0 Å². The lowest BCUT2D eigenvalue weighted by Gasteiger charge is -2.34. The van der Waals surface area contributed by atoms with E-state index >= 15 is 0 Å². The summed E-state index contributed by atoms with van der Waals surface area (Å²) in [6, 6.07) is 16.0. The molecule has 1 aliphatic rings. The number of amides is 2. The molecular weight excluding hydrogens is 446 g/mol. The highest BCUT2D eigenvalue weighted by atomic mass is 32.2. The quantitative estimate of drug-likeness (QED) is 0.483. The fourth-order valence-electron chi connectivity index (χ4n) is 4.12. The summed E-state index contributed by atoms with van der Waals surface area (Å²) in [7, 11) is 0. The SMILES string of the molecule is CCc1ccc(C(=O)N2CCN(C(=O)CSc3nnc(-c4cccc(C)c4)n3CC)CC2)cc1. The zero-order chi connectivity index (χ0) is 24.1. The summed E-state index contributed by atoms with van der Waals surface area (Å²) in [6.45, 7) is 9.13. The largest absolute Gasteiger partial charge is 0.338 e. The second-order valence-corrected chi connectivity index (χ2v) is 9.37. The number of carbonyl (C=O) groups excluding carboxylic acids is 2. The predicted molar refractivity (Wildman–Crippen MR) is 135 cm³/mol. The molecule has 1 aromatic heterocycles. The summed E-state index contributed by atoms with van der Waals surface area (Å²) in [5.41, 5.74) is 4.12. The van der Waals surface area contributed by atoms with Crippen LogP contribution in [0.25, 0.3) is 11.4 Å². The van der Waals surface area contributed by atoms with Crippen LogP contribution in [0.2, 0.25) is 0 Å². The third kappa shape index (κ3) is 5.33. The van der Waals surface area contributed by atoms with Gasteiger partial charge in [-0.2, -0.15) is 0 Å². The van der Waals surface area contributed by atoms with E-state index in [2.05, 4.69) is 43.1 Å². The molecule has 0 radical (unpaired) electrons. The number of nitrogens with zero attached hydrogens (tertiary/aromatic N) is 5. The first-order valence-corrected chi connectivity index (χ1v) is 12.8. The van der Waals surface area contributed by atoms with Crippen molar-refractivity contribution < 1.29 is 9.59 Å². The molecule has 0 atom stereocenters. The number of piperazine rings is 1. The standard InChI is InChI=1S/C26H31N5O2S/c1-4-20-9-11-21(12-10-20)25(33)30-15-13-29(14-16-30)23(32)18-34-26-28-27-24(31(26)5-2)22-8-6-7-19(3)17-22/h6-12,17H,4-5,13-16,18H2,1-3H3. The summed E-state index contributed by atoms with van der Waals surface area (Å²) in [4.78, 5) is 29.3. The molecule has 1 fully saturated rings. The van der Waals surface area contributed by atoms with E-state index in [4.69, 9.17) is 0 Å². The van der Waals surface area contributed by atoms with Crippen molar-refractivity contribution in [3.05, 3.63) is 65.2 Å². The average Bonchev–Trinajstić information content (AvgIpc) is 3.30. The molecule has 7 nitrogen and oxygen atoms in total. The molecule has 2 aromatic carbocycles. The number of aromatic nitrogens is 3. The van der Waals surface area contributed by atoms with Crippen LogP contribution < -0.4 is 0 Å². The van der Waals surface area contributed by atoms with Crippen LogP contribution in [0.1, 0.15) is 35.3 Å². The molecule has 3 aromatic rings. The van der Waals surface area contributed by atoms with Crippen molar-refractivity contribution in [1.82, 2.24) is 24.6 Å². The van der Waals surface area contributed by atoms with Gasteiger partial charge in [0.15, 0.2) is 11.0 Å². The Morgan fingerprint density at radius 2 is 1.65 bits per heavy atom. The molecule has 4 rings (SSSR count). The minimum absolute atomic E-state index is 0.0313. The van der Waals surface area contributed by atoms with E-state index in [1.165, 1.54) is 22.9 Å². The van der Waals surface area contributed by atoms with Crippen LogP contribution in [0, 0.1) is 6.92 Å². The lowest BCUT2D eigenvalue weighted by atomic mass is 10.1. The lowest BCUT2D eigenvalue weighted by Crippen LogP contribution is -2.51. The van der Waals surface area contributed by atoms with Crippen LogP contribution in [-0.4, -0.2) is 68.3 Å². The molecule has 178 valence electrons.